The third-order valence-electron chi connectivity index (χ3n) is 2.74. The second-order valence-corrected chi connectivity index (χ2v) is 5.41. The van der Waals surface area contributed by atoms with Gasteiger partial charge in [-0.05, 0) is 58.2 Å². The highest BCUT2D eigenvalue weighted by molar-refractivity contribution is 9.10. The van der Waals surface area contributed by atoms with Crippen LogP contribution in [0.2, 0.25) is 5.02 Å². The topological polar surface area (TPSA) is 50.9 Å². The zero-order chi connectivity index (χ0) is 13.8. The quantitative estimate of drug-likeness (QED) is 0.660. The molecular formula is C13H12BrClFN3. The van der Waals surface area contributed by atoms with Crippen molar-refractivity contribution >= 4 is 27.5 Å². The second kappa shape index (κ2) is 6.43. The van der Waals surface area contributed by atoms with Gasteiger partial charge in [0.05, 0.1) is 11.7 Å². The maximum absolute atomic E-state index is 13.7. The van der Waals surface area contributed by atoms with Crippen LogP contribution in [0, 0.1) is 5.82 Å². The summed E-state index contributed by atoms with van der Waals surface area (Å²) in [6.07, 6.45) is 2.05. The molecule has 1 aromatic heterocycles. The average Bonchev–Trinajstić information content (AvgIpc) is 2.41. The summed E-state index contributed by atoms with van der Waals surface area (Å²) < 4.78 is 14.6. The Morgan fingerprint density at radius 1 is 1.37 bits per heavy atom. The molecule has 100 valence electrons. The zero-order valence-electron chi connectivity index (χ0n) is 9.91. The zero-order valence-corrected chi connectivity index (χ0v) is 12.2. The van der Waals surface area contributed by atoms with E-state index >= 15 is 0 Å². The Kier molecular flexibility index (Phi) is 4.87. The van der Waals surface area contributed by atoms with Crippen LogP contribution in [-0.4, -0.2) is 4.98 Å². The van der Waals surface area contributed by atoms with Crippen molar-refractivity contribution in [1.29, 1.82) is 0 Å². The van der Waals surface area contributed by atoms with Gasteiger partial charge in [0.15, 0.2) is 0 Å². The van der Waals surface area contributed by atoms with Gasteiger partial charge in [0.2, 0.25) is 0 Å². The standard InChI is InChI=1S/C13H12BrClFN3/c14-9-1-4-12(18-7-9)13(19-17)6-8-5-10(15)2-3-11(8)16/h1-5,7,13,19H,6,17H2. The molecule has 6 heteroatoms. The molecule has 0 amide bonds. The summed E-state index contributed by atoms with van der Waals surface area (Å²) in [5.74, 6) is 5.22. The second-order valence-electron chi connectivity index (χ2n) is 4.06. The number of benzene rings is 1. The number of rotatable bonds is 4. The van der Waals surface area contributed by atoms with Crippen molar-refractivity contribution in [2.24, 2.45) is 5.84 Å². The van der Waals surface area contributed by atoms with Crippen LogP contribution in [0.25, 0.3) is 0 Å². The Balaban J connectivity index is 2.23. The molecule has 2 aromatic rings. The van der Waals surface area contributed by atoms with Crippen molar-refractivity contribution in [3.8, 4) is 0 Å². The molecule has 3 nitrogen and oxygen atoms in total. The van der Waals surface area contributed by atoms with Gasteiger partial charge < -0.3 is 0 Å². The molecule has 0 aliphatic rings. The van der Waals surface area contributed by atoms with Gasteiger partial charge in [-0.15, -0.1) is 0 Å². The normalized spacial score (nSPS) is 12.4. The summed E-state index contributed by atoms with van der Waals surface area (Å²) >= 11 is 9.18. The number of nitrogens with one attached hydrogen (secondary N) is 1. The lowest BCUT2D eigenvalue weighted by atomic mass is 10.0. The Labute approximate surface area is 124 Å². The minimum Gasteiger partial charge on any atom is -0.271 e. The highest BCUT2D eigenvalue weighted by Crippen LogP contribution is 2.22. The predicted molar refractivity (Wildman–Crippen MR) is 77.1 cm³/mol. The van der Waals surface area contributed by atoms with Gasteiger partial charge >= 0.3 is 0 Å². The van der Waals surface area contributed by atoms with Crippen LogP contribution in [0.4, 0.5) is 4.39 Å². The molecule has 0 spiro atoms. The highest BCUT2D eigenvalue weighted by atomic mass is 79.9. The Morgan fingerprint density at radius 3 is 2.79 bits per heavy atom. The van der Waals surface area contributed by atoms with E-state index in [0.29, 0.717) is 17.0 Å². The monoisotopic (exact) mass is 343 g/mol. The number of hydrogen-bond donors (Lipinski definition) is 2. The van der Waals surface area contributed by atoms with E-state index in [1.165, 1.54) is 12.1 Å². The SMILES string of the molecule is NNC(Cc1cc(Cl)ccc1F)c1ccc(Br)cn1. The summed E-state index contributed by atoms with van der Waals surface area (Å²) in [5, 5.41) is 0.496. The van der Waals surface area contributed by atoms with E-state index in [4.69, 9.17) is 17.4 Å². The first-order chi connectivity index (χ1) is 9.10. The molecule has 0 saturated carbocycles. The molecule has 1 atom stereocenters. The van der Waals surface area contributed by atoms with Crippen molar-refractivity contribution in [2.75, 3.05) is 0 Å². The Bertz CT molecular complexity index is 562. The van der Waals surface area contributed by atoms with Crippen LogP contribution in [-0.2, 0) is 6.42 Å². The van der Waals surface area contributed by atoms with Gasteiger partial charge in [-0.2, -0.15) is 0 Å². The van der Waals surface area contributed by atoms with Crippen molar-refractivity contribution in [3.05, 3.63) is 63.1 Å². The molecule has 0 aliphatic heterocycles. The molecule has 0 bridgehead atoms. The lowest BCUT2D eigenvalue weighted by Crippen LogP contribution is -2.30. The van der Waals surface area contributed by atoms with Crippen LogP contribution < -0.4 is 11.3 Å². The van der Waals surface area contributed by atoms with Crippen molar-refractivity contribution in [3.63, 3.8) is 0 Å². The van der Waals surface area contributed by atoms with E-state index in [9.17, 15) is 4.39 Å². The van der Waals surface area contributed by atoms with E-state index in [0.717, 1.165) is 10.2 Å². The maximum atomic E-state index is 13.7. The van der Waals surface area contributed by atoms with Crippen molar-refractivity contribution < 1.29 is 4.39 Å². The van der Waals surface area contributed by atoms with Crippen LogP contribution in [0.15, 0.2) is 41.0 Å². The molecule has 1 heterocycles. The third-order valence-corrected chi connectivity index (χ3v) is 3.44. The number of nitrogens with two attached hydrogens (primary N) is 1. The molecule has 3 N–H and O–H groups in total. The van der Waals surface area contributed by atoms with Gasteiger partial charge in [0.25, 0.3) is 0 Å². The summed E-state index contributed by atoms with van der Waals surface area (Å²) in [6.45, 7) is 0. The third kappa shape index (κ3) is 3.73. The molecule has 1 aromatic carbocycles. The van der Waals surface area contributed by atoms with Crippen LogP contribution in [0.3, 0.4) is 0 Å². The Morgan fingerprint density at radius 2 is 2.16 bits per heavy atom. The first-order valence-corrected chi connectivity index (χ1v) is 6.78. The van der Waals surface area contributed by atoms with E-state index in [1.807, 2.05) is 12.1 Å². The van der Waals surface area contributed by atoms with Gasteiger partial charge in [0, 0.05) is 15.7 Å². The van der Waals surface area contributed by atoms with Gasteiger partial charge in [0.1, 0.15) is 5.82 Å². The summed E-state index contributed by atoms with van der Waals surface area (Å²) in [7, 11) is 0. The molecule has 0 saturated heterocycles. The largest absolute Gasteiger partial charge is 0.271 e. The number of hydrazine groups is 1. The fourth-order valence-electron chi connectivity index (χ4n) is 1.76. The molecule has 19 heavy (non-hydrogen) atoms. The number of halogens is 3. The van der Waals surface area contributed by atoms with E-state index in [1.54, 1.807) is 12.3 Å². The van der Waals surface area contributed by atoms with Crippen molar-refractivity contribution in [2.45, 2.75) is 12.5 Å². The van der Waals surface area contributed by atoms with E-state index in [2.05, 4.69) is 26.3 Å². The van der Waals surface area contributed by atoms with Gasteiger partial charge in [-0.1, -0.05) is 11.6 Å². The number of nitrogens with zero attached hydrogens (tertiary/aromatic N) is 1. The molecule has 0 fully saturated rings. The first kappa shape index (κ1) is 14.4. The minimum absolute atomic E-state index is 0.277. The molecule has 2 rings (SSSR count). The van der Waals surface area contributed by atoms with Crippen LogP contribution in [0.5, 0.6) is 0 Å². The van der Waals surface area contributed by atoms with E-state index in [-0.39, 0.29) is 11.9 Å². The van der Waals surface area contributed by atoms with Crippen molar-refractivity contribution in [1.82, 2.24) is 10.4 Å². The van der Waals surface area contributed by atoms with Crippen LogP contribution in [0.1, 0.15) is 17.3 Å². The summed E-state index contributed by atoms with van der Waals surface area (Å²) in [5.41, 5.74) is 3.89. The summed E-state index contributed by atoms with van der Waals surface area (Å²) in [6, 6.07) is 7.88. The molecule has 0 aliphatic carbocycles. The highest BCUT2D eigenvalue weighted by Gasteiger charge is 2.14. The average molecular weight is 345 g/mol. The number of aromatic nitrogens is 1. The fraction of sp³-hybridized carbons (Fsp3) is 0.154. The molecular weight excluding hydrogens is 333 g/mol. The van der Waals surface area contributed by atoms with Gasteiger partial charge in [-0.25, -0.2) is 4.39 Å². The maximum Gasteiger partial charge on any atom is 0.126 e. The lowest BCUT2D eigenvalue weighted by Gasteiger charge is -2.16. The fourth-order valence-corrected chi connectivity index (χ4v) is 2.19. The minimum atomic E-state index is -0.304. The molecule has 0 radical (unpaired) electrons. The van der Waals surface area contributed by atoms with E-state index < -0.39 is 0 Å². The number of pyridine rings is 1. The lowest BCUT2D eigenvalue weighted by molar-refractivity contribution is 0.519. The smallest absolute Gasteiger partial charge is 0.126 e. The van der Waals surface area contributed by atoms with Crippen LogP contribution >= 0.6 is 27.5 Å². The first-order valence-electron chi connectivity index (χ1n) is 5.61. The van der Waals surface area contributed by atoms with Gasteiger partial charge in [-0.3, -0.25) is 16.3 Å². The molecule has 1 unspecified atom stereocenters. The predicted octanol–water partition coefficient (Wildman–Crippen LogP) is 3.38. The summed E-state index contributed by atoms with van der Waals surface area (Å²) in [4.78, 5) is 4.25. The number of hydrogen-bond acceptors (Lipinski definition) is 3. The Hall–Kier alpha value is -1.01.